The highest BCUT2D eigenvalue weighted by Gasteiger charge is 2.20. The molecule has 1 aromatic rings. The minimum absolute atomic E-state index is 0.163. The normalized spacial score (nSPS) is 17.6. The van der Waals surface area contributed by atoms with Crippen LogP contribution < -0.4 is 5.32 Å². The zero-order chi connectivity index (χ0) is 13.8. The molecule has 0 saturated heterocycles. The van der Waals surface area contributed by atoms with E-state index in [0.29, 0.717) is 12.6 Å². The standard InChI is InChI=1S/C15H24N2OS/c1-11-8-9-14(19-11)12(2)17(3)15(18)10-16-13-6-4-5-7-13/h8-9,12-13,16H,4-7,10H2,1-3H3. The first-order chi connectivity index (χ1) is 9.08. The highest BCUT2D eigenvalue weighted by molar-refractivity contribution is 7.12. The second-order valence-corrected chi connectivity index (χ2v) is 6.81. The number of hydrogen-bond donors (Lipinski definition) is 1. The van der Waals surface area contributed by atoms with Crippen LogP contribution in [0.5, 0.6) is 0 Å². The number of carbonyl (C=O) groups excluding carboxylic acids is 1. The highest BCUT2D eigenvalue weighted by atomic mass is 32.1. The van der Waals surface area contributed by atoms with Crippen molar-refractivity contribution in [3.05, 3.63) is 21.9 Å². The predicted molar refractivity (Wildman–Crippen MR) is 80.5 cm³/mol. The van der Waals surface area contributed by atoms with E-state index in [0.717, 1.165) is 0 Å². The number of likely N-dealkylation sites (N-methyl/N-ethyl adjacent to an activating group) is 1. The van der Waals surface area contributed by atoms with Crippen LogP contribution in [0.25, 0.3) is 0 Å². The molecular weight excluding hydrogens is 256 g/mol. The fourth-order valence-corrected chi connectivity index (χ4v) is 3.54. The summed E-state index contributed by atoms with van der Waals surface area (Å²) in [6.07, 6.45) is 5.03. The summed E-state index contributed by atoms with van der Waals surface area (Å²) < 4.78 is 0. The Morgan fingerprint density at radius 2 is 2.16 bits per heavy atom. The quantitative estimate of drug-likeness (QED) is 0.899. The largest absolute Gasteiger partial charge is 0.337 e. The van der Waals surface area contributed by atoms with Gasteiger partial charge in [-0.2, -0.15) is 0 Å². The van der Waals surface area contributed by atoms with Crippen molar-refractivity contribution in [2.75, 3.05) is 13.6 Å². The molecule has 4 heteroatoms. The lowest BCUT2D eigenvalue weighted by Crippen LogP contribution is -2.40. The molecule has 106 valence electrons. The highest BCUT2D eigenvalue weighted by Crippen LogP contribution is 2.26. The molecule has 1 atom stereocenters. The molecule has 0 aromatic carbocycles. The molecular formula is C15H24N2OS. The minimum atomic E-state index is 0.163. The number of aryl methyl sites for hydroxylation is 1. The Labute approximate surface area is 120 Å². The molecule has 0 radical (unpaired) electrons. The molecule has 1 fully saturated rings. The molecule has 1 amide bonds. The van der Waals surface area contributed by atoms with Crippen LogP contribution in [0, 0.1) is 6.92 Å². The third kappa shape index (κ3) is 3.80. The number of hydrogen-bond acceptors (Lipinski definition) is 3. The Morgan fingerprint density at radius 3 is 2.74 bits per heavy atom. The molecule has 0 aliphatic heterocycles. The third-order valence-electron chi connectivity index (χ3n) is 4.04. The maximum atomic E-state index is 12.2. The van der Waals surface area contributed by atoms with E-state index in [9.17, 15) is 4.79 Å². The lowest BCUT2D eigenvalue weighted by atomic mass is 10.2. The maximum absolute atomic E-state index is 12.2. The second kappa shape index (κ2) is 6.53. The molecule has 1 aliphatic rings. The van der Waals surface area contributed by atoms with Crippen molar-refractivity contribution < 1.29 is 4.79 Å². The van der Waals surface area contributed by atoms with Gasteiger partial charge in [-0.3, -0.25) is 4.79 Å². The third-order valence-corrected chi connectivity index (χ3v) is 5.22. The molecule has 3 nitrogen and oxygen atoms in total. The second-order valence-electron chi connectivity index (χ2n) is 5.49. The Kier molecular flexibility index (Phi) is 4.99. The summed E-state index contributed by atoms with van der Waals surface area (Å²) in [6.45, 7) is 4.67. The zero-order valence-electron chi connectivity index (χ0n) is 12.1. The van der Waals surface area contributed by atoms with Gasteiger partial charge < -0.3 is 10.2 Å². The molecule has 1 unspecified atom stereocenters. The fourth-order valence-electron chi connectivity index (χ4n) is 2.57. The molecule has 1 N–H and O–H groups in total. The van der Waals surface area contributed by atoms with E-state index in [1.807, 2.05) is 11.9 Å². The molecule has 19 heavy (non-hydrogen) atoms. The topological polar surface area (TPSA) is 32.3 Å². The number of thiophene rings is 1. The van der Waals surface area contributed by atoms with Crippen molar-refractivity contribution in [3.63, 3.8) is 0 Å². The van der Waals surface area contributed by atoms with Gasteiger partial charge in [-0.25, -0.2) is 0 Å². The van der Waals surface area contributed by atoms with Gasteiger partial charge in [0.25, 0.3) is 0 Å². The smallest absolute Gasteiger partial charge is 0.236 e. The first kappa shape index (κ1) is 14.5. The van der Waals surface area contributed by atoms with Crippen LogP contribution in [-0.2, 0) is 4.79 Å². The van der Waals surface area contributed by atoms with E-state index in [2.05, 4.69) is 31.3 Å². The number of nitrogens with one attached hydrogen (secondary N) is 1. The van der Waals surface area contributed by atoms with Crippen LogP contribution in [0.15, 0.2) is 12.1 Å². The summed E-state index contributed by atoms with van der Waals surface area (Å²) >= 11 is 1.77. The Balaban J connectivity index is 1.83. The van der Waals surface area contributed by atoms with E-state index in [-0.39, 0.29) is 11.9 Å². The summed E-state index contributed by atoms with van der Waals surface area (Å²) in [5.41, 5.74) is 0. The van der Waals surface area contributed by atoms with Gasteiger partial charge in [0.05, 0.1) is 12.6 Å². The van der Waals surface area contributed by atoms with E-state index >= 15 is 0 Å². The predicted octanol–water partition coefficient (Wildman–Crippen LogP) is 3.11. The zero-order valence-corrected chi connectivity index (χ0v) is 12.9. The van der Waals surface area contributed by atoms with Crippen LogP contribution >= 0.6 is 11.3 Å². The van der Waals surface area contributed by atoms with E-state index < -0.39 is 0 Å². The van der Waals surface area contributed by atoms with Gasteiger partial charge in [0, 0.05) is 22.8 Å². The Morgan fingerprint density at radius 1 is 1.47 bits per heavy atom. The van der Waals surface area contributed by atoms with Gasteiger partial charge in [0.15, 0.2) is 0 Å². The van der Waals surface area contributed by atoms with Gasteiger partial charge >= 0.3 is 0 Å². The number of amides is 1. The van der Waals surface area contributed by atoms with Crippen LogP contribution in [0.3, 0.4) is 0 Å². The van der Waals surface area contributed by atoms with Gasteiger partial charge in [-0.1, -0.05) is 12.8 Å². The van der Waals surface area contributed by atoms with Gasteiger partial charge in [0.2, 0.25) is 5.91 Å². The summed E-state index contributed by atoms with van der Waals surface area (Å²) in [6, 6.07) is 4.96. The molecule has 0 spiro atoms. The molecule has 1 heterocycles. The van der Waals surface area contributed by atoms with E-state index in [1.54, 1.807) is 11.3 Å². The molecule has 1 aromatic heterocycles. The van der Waals surface area contributed by atoms with E-state index in [1.165, 1.54) is 35.4 Å². The van der Waals surface area contributed by atoms with Crippen molar-refractivity contribution >= 4 is 17.2 Å². The maximum Gasteiger partial charge on any atom is 0.236 e. The summed E-state index contributed by atoms with van der Waals surface area (Å²) in [5, 5.41) is 3.39. The SMILES string of the molecule is Cc1ccc(C(C)N(C)C(=O)CNC2CCCC2)s1. The van der Waals surface area contributed by atoms with Gasteiger partial charge in [-0.05, 0) is 38.8 Å². The molecule has 1 aliphatic carbocycles. The first-order valence-electron chi connectivity index (χ1n) is 7.13. The lowest BCUT2D eigenvalue weighted by molar-refractivity contribution is -0.130. The van der Waals surface area contributed by atoms with E-state index in [4.69, 9.17) is 0 Å². The van der Waals surface area contributed by atoms with Crippen molar-refractivity contribution in [2.24, 2.45) is 0 Å². The molecule has 0 bridgehead atoms. The number of nitrogens with zero attached hydrogens (tertiary/aromatic N) is 1. The molecule has 2 rings (SSSR count). The van der Waals surface area contributed by atoms with Crippen LogP contribution in [0.2, 0.25) is 0 Å². The van der Waals surface area contributed by atoms with Crippen molar-refractivity contribution in [1.29, 1.82) is 0 Å². The Hall–Kier alpha value is -0.870. The average molecular weight is 280 g/mol. The van der Waals surface area contributed by atoms with Gasteiger partial charge in [-0.15, -0.1) is 11.3 Å². The molecule has 1 saturated carbocycles. The monoisotopic (exact) mass is 280 g/mol. The summed E-state index contributed by atoms with van der Waals surface area (Å²) in [4.78, 5) is 16.6. The van der Waals surface area contributed by atoms with Gasteiger partial charge in [0.1, 0.15) is 0 Å². The number of carbonyl (C=O) groups is 1. The number of rotatable bonds is 5. The fraction of sp³-hybridized carbons (Fsp3) is 0.667. The van der Waals surface area contributed by atoms with Crippen LogP contribution in [0.1, 0.15) is 48.4 Å². The van der Waals surface area contributed by atoms with Crippen LogP contribution in [0.4, 0.5) is 0 Å². The minimum Gasteiger partial charge on any atom is -0.337 e. The summed E-state index contributed by atoms with van der Waals surface area (Å²) in [7, 11) is 1.90. The first-order valence-corrected chi connectivity index (χ1v) is 7.95. The lowest BCUT2D eigenvalue weighted by Gasteiger charge is -2.25. The van der Waals surface area contributed by atoms with Crippen molar-refractivity contribution in [1.82, 2.24) is 10.2 Å². The summed E-state index contributed by atoms with van der Waals surface area (Å²) in [5.74, 6) is 0.186. The van der Waals surface area contributed by atoms with Crippen LogP contribution in [-0.4, -0.2) is 30.4 Å². The van der Waals surface area contributed by atoms with Crippen molar-refractivity contribution in [2.45, 2.75) is 51.6 Å². The Bertz CT molecular complexity index is 424. The van der Waals surface area contributed by atoms with Crippen molar-refractivity contribution in [3.8, 4) is 0 Å². The average Bonchev–Trinajstić information content (AvgIpc) is 3.05.